The SMILES string of the molecule is CC1(C)CCCN(CCC(O)c2ccccc2F)C1. The van der Waals surface area contributed by atoms with Crippen molar-refractivity contribution < 1.29 is 9.50 Å². The Bertz CT molecular complexity index is 419. The second-order valence-corrected chi connectivity index (χ2v) is 6.37. The fourth-order valence-corrected chi connectivity index (χ4v) is 2.94. The van der Waals surface area contributed by atoms with Crippen LogP contribution in [0.25, 0.3) is 0 Å². The predicted octanol–water partition coefficient (Wildman–Crippen LogP) is 3.37. The molecule has 0 aliphatic carbocycles. The van der Waals surface area contributed by atoms with Crippen LogP contribution in [-0.4, -0.2) is 29.6 Å². The van der Waals surface area contributed by atoms with Crippen molar-refractivity contribution in [2.75, 3.05) is 19.6 Å². The minimum absolute atomic E-state index is 0.311. The molecule has 0 saturated carbocycles. The number of hydrogen-bond donors (Lipinski definition) is 1. The number of rotatable bonds is 4. The van der Waals surface area contributed by atoms with Crippen LogP contribution < -0.4 is 0 Å². The molecule has 1 unspecified atom stereocenters. The van der Waals surface area contributed by atoms with Gasteiger partial charge in [-0.3, -0.25) is 0 Å². The van der Waals surface area contributed by atoms with Gasteiger partial charge in [0, 0.05) is 18.7 Å². The normalized spacial score (nSPS) is 21.3. The molecule has 2 rings (SSSR count). The van der Waals surface area contributed by atoms with Crippen LogP contribution in [0.5, 0.6) is 0 Å². The van der Waals surface area contributed by atoms with E-state index in [1.165, 1.54) is 18.9 Å². The zero-order valence-corrected chi connectivity index (χ0v) is 11.9. The van der Waals surface area contributed by atoms with Gasteiger partial charge in [-0.05, 0) is 37.3 Å². The van der Waals surface area contributed by atoms with E-state index in [-0.39, 0.29) is 5.82 Å². The predicted molar refractivity (Wildman–Crippen MR) is 75.4 cm³/mol. The summed E-state index contributed by atoms with van der Waals surface area (Å²) in [6.07, 6.45) is 2.37. The van der Waals surface area contributed by atoms with E-state index in [2.05, 4.69) is 18.7 Å². The van der Waals surface area contributed by atoms with Gasteiger partial charge in [0.25, 0.3) is 0 Å². The van der Waals surface area contributed by atoms with Crippen LogP contribution in [0.3, 0.4) is 0 Å². The zero-order valence-electron chi connectivity index (χ0n) is 11.9. The van der Waals surface area contributed by atoms with Crippen molar-refractivity contribution in [3.8, 4) is 0 Å². The van der Waals surface area contributed by atoms with Crippen LogP contribution in [-0.2, 0) is 0 Å². The Balaban J connectivity index is 1.87. The van der Waals surface area contributed by atoms with Crippen LogP contribution in [0.4, 0.5) is 4.39 Å². The fraction of sp³-hybridized carbons (Fsp3) is 0.625. The number of likely N-dealkylation sites (tertiary alicyclic amines) is 1. The summed E-state index contributed by atoms with van der Waals surface area (Å²) in [4.78, 5) is 2.38. The van der Waals surface area contributed by atoms with Gasteiger partial charge in [0.1, 0.15) is 5.82 Å². The Labute approximate surface area is 115 Å². The lowest BCUT2D eigenvalue weighted by molar-refractivity contribution is 0.0888. The summed E-state index contributed by atoms with van der Waals surface area (Å²) in [5, 5.41) is 10.1. The van der Waals surface area contributed by atoms with Gasteiger partial charge in [0.15, 0.2) is 0 Å². The second-order valence-electron chi connectivity index (χ2n) is 6.37. The summed E-state index contributed by atoms with van der Waals surface area (Å²) in [6.45, 7) is 7.56. The molecule has 1 atom stereocenters. The quantitative estimate of drug-likeness (QED) is 0.902. The molecule has 0 radical (unpaired) electrons. The summed E-state index contributed by atoms with van der Waals surface area (Å²) in [6, 6.07) is 6.49. The van der Waals surface area contributed by atoms with Crippen molar-refractivity contribution in [3.05, 3.63) is 35.6 Å². The Hall–Kier alpha value is -0.930. The van der Waals surface area contributed by atoms with Crippen molar-refractivity contribution >= 4 is 0 Å². The van der Waals surface area contributed by atoms with Gasteiger partial charge in [-0.1, -0.05) is 32.0 Å². The molecular weight excluding hydrogens is 241 g/mol. The molecule has 1 heterocycles. The van der Waals surface area contributed by atoms with Crippen LogP contribution in [0.2, 0.25) is 0 Å². The van der Waals surface area contributed by atoms with E-state index in [1.807, 2.05) is 0 Å². The van der Waals surface area contributed by atoms with Crippen molar-refractivity contribution in [1.29, 1.82) is 0 Å². The fourth-order valence-electron chi connectivity index (χ4n) is 2.94. The van der Waals surface area contributed by atoms with Crippen LogP contribution >= 0.6 is 0 Å². The number of hydrogen-bond acceptors (Lipinski definition) is 2. The van der Waals surface area contributed by atoms with Crippen molar-refractivity contribution in [3.63, 3.8) is 0 Å². The van der Waals surface area contributed by atoms with Crippen molar-refractivity contribution in [2.45, 2.75) is 39.2 Å². The van der Waals surface area contributed by atoms with Gasteiger partial charge in [-0.15, -0.1) is 0 Å². The molecule has 1 aliphatic rings. The number of nitrogens with zero attached hydrogens (tertiary/aromatic N) is 1. The lowest BCUT2D eigenvalue weighted by Gasteiger charge is -2.38. The molecule has 1 aromatic carbocycles. The standard InChI is InChI=1S/C16H24FNO/c1-16(2)9-5-10-18(12-16)11-8-15(19)13-6-3-4-7-14(13)17/h3-4,6-7,15,19H,5,8-12H2,1-2H3. The molecule has 0 bridgehead atoms. The molecule has 1 aliphatic heterocycles. The Morgan fingerprint density at radius 2 is 2.11 bits per heavy atom. The van der Waals surface area contributed by atoms with Crippen LogP contribution in [0.1, 0.15) is 44.8 Å². The maximum atomic E-state index is 13.6. The van der Waals surface area contributed by atoms with E-state index in [4.69, 9.17) is 0 Å². The number of aliphatic hydroxyl groups is 1. The lowest BCUT2D eigenvalue weighted by atomic mass is 9.84. The molecule has 1 aromatic rings. The summed E-state index contributed by atoms with van der Waals surface area (Å²) >= 11 is 0. The lowest BCUT2D eigenvalue weighted by Crippen LogP contribution is -2.40. The maximum absolute atomic E-state index is 13.6. The summed E-state index contributed by atoms with van der Waals surface area (Å²) in [7, 11) is 0. The zero-order chi connectivity index (χ0) is 13.9. The first kappa shape index (κ1) is 14.5. The molecule has 106 valence electrons. The summed E-state index contributed by atoms with van der Waals surface area (Å²) < 4.78 is 13.6. The van der Waals surface area contributed by atoms with Crippen molar-refractivity contribution in [2.24, 2.45) is 5.41 Å². The molecule has 0 spiro atoms. The number of benzene rings is 1. The highest BCUT2D eigenvalue weighted by molar-refractivity contribution is 5.19. The van der Waals surface area contributed by atoms with Crippen LogP contribution in [0.15, 0.2) is 24.3 Å². The average molecular weight is 265 g/mol. The van der Waals surface area contributed by atoms with Gasteiger partial charge in [-0.2, -0.15) is 0 Å². The third-order valence-corrected chi connectivity index (χ3v) is 3.96. The molecule has 0 amide bonds. The monoisotopic (exact) mass is 265 g/mol. The first-order valence-electron chi connectivity index (χ1n) is 7.13. The molecule has 3 heteroatoms. The van der Waals surface area contributed by atoms with Gasteiger partial charge < -0.3 is 10.0 Å². The highest BCUT2D eigenvalue weighted by Gasteiger charge is 2.26. The van der Waals surface area contributed by atoms with Crippen LogP contribution in [0, 0.1) is 11.2 Å². The smallest absolute Gasteiger partial charge is 0.128 e. The van der Waals surface area contributed by atoms with Crippen molar-refractivity contribution in [1.82, 2.24) is 4.90 Å². The Kier molecular flexibility index (Phi) is 4.58. The number of aliphatic hydroxyl groups excluding tert-OH is 1. The topological polar surface area (TPSA) is 23.5 Å². The average Bonchev–Trinajstić information content (AvgIpc) is 2.35. The number of halogens is 1. The molecular formula is C16H24FNO. The van der Waals surface area contributed by atoms with E-state index in [9.17, 15) is 9.50 Å². The van der Waals surface area contributed by atoms with Gasteiger partial charge in [0.2, 0.25) is 0 Å². The van der Waals surface area contributed by atoms with Gasteiger partial charge >= 0.3 is 0 Å². The molecule has 1 N–H and O–H groups in total. The Morgan fingerprint density at radius 1 is 1.37 bits per heavy atom. The largest absolute Gasteiger partial charge is 0.388 e. The van der Waals surface area contributed by atoms with E-state index < -0.39 is 6.10 Å². The Morgan fingerprint density at radius 3 is 2.79 bits per heavy atom. The van der Waals surface area contributed by atoms with E-state index >= 15 is 0 Å². The molecule has 1 fully saturated rings. The molecule has 2 nitrogen and oxygen atoms in total. The molecule has 1 saturated heterocycles. The van der Waals surface area contributed by atoms with E-state index in [0.717, 1.165) is 19.6 Å². The second kappa shape index (κ2) is 6.02. The first-order valence-corrected chi connectivity index (χ1v) is 7.13. The third-order valence-electron chi connectivity index (χ3n) is 3.96. The van der Waals surface area contributed by atoms with E-state index in [0.29, 0.717) is 17.4 Å². The summed E-state index contributed by atoms with van der Waals surface area (Å²) in [5.41, 5.74) is 0.778. The van der Waals surface area contributed by atoms with Gasteiger partial charge in [-0.25, -0.2) is 4.39 Å². The number of piperidine rings is 1. The maximum Gasteiger partial charge on any atom is 0.128 e. The minimum Gasteiger partial charge on any atom is -0.388 e. The highest BCUT2D eigenvalue weighted by atomic mass is 19.1. The first-order chi connectivity index (χ1) is 8.98. The molecule has 0 aromatic heterocycles. The highest BCUT2D eigenvalue weighted by Crippen LogP contribution is 2.29. The van der Waals surface area contributed by atoms with Gasteiger partial charge in [0.05, 0.1) is 6.10 Å². The third kappa shape index (κ3) is 4.02. The minimum atomic E-state index is -0.703. The van der Waals surface area contributed by atoms with E-state index in [1.54, 1.807) is 18.2 Å². The molecule has 19 heavy (non-hydrogen) atoms. The summed E-state index contributed by atoms with van der Waals surface area (Å²) in [5.74, 6) is -0.311.